The number of halogens is 1. The van der Waals surface area contributed by atoms with Crippen molar-refractivity contribution in [3.63, 3.8) is 0 Å². The standard InChI is InChI=1S/C21H23ClN4O5S/c1-29-15-4-3-12(9-16(15)30-2)11-23-18-14-10-17(22)32-19(14)25-20(24-18)26-7-5-13(6-8-26)31-21(27)28/h3-4,9-10,13H,5-8,11H2,1-2H3,(H,27,28)(H,23,24,25). The zero-order valence-corrected chi connectivity index (χ0v) is 19.2. The maximum Gasteiger partial charge on any atom is 0.506 e. The van der Waals surface area contributed by atoms with Crippen LogP contribution in [0.1, 0.15) is 18.4 Å². The molecule has 0 radical (unpaired) electrons. The molecule has 0 bridgehead atoms. The number of ether oxygens (including phenoxy) is 3. The first-order valence-corrected chi connectivity index (χ1v) is 11.2. The molecule has 3 aromatic rings. The molecular formula is C21H23ClN4O5S. The first kappa shape index (κ1) is 22.2. The van der Waals surface area contributed by atoms with Crippen LogP contribution in [0.5, 0.6) is 11.5 Å². The van der Waals surface area contributed by atoms with Crippen molar-refractivity contribution >= 4 is 51.1 Å². The molecule has 0 saturated carbocycles. The first-order valence-electron chi connectivity index (χ1n) is 10.0. The highest BCUT2D eigenvalue weighted by Crippen LogP contribution is 2.35. The fourth-order valence-electron chi connectivity index (χ4n) is 3.65. The molecule has 1 saturated heterocycles. The maximum absolute atomic E-state index is 10.8. The molecule has 1 aromatic carbocycles. The van der Waals surface area contributed by atoms with E-state index in [0.29, 0.717) is 60.1 Å². The van der Waals surface area contributed by atoms with Gasteiger partial charge in [0.15, 0.2) is 11.5 Å². The van der Waals surface area contributed by atoms with E-state index in [2.05, 4.69) is 10.3 Å². The normalized spacial score (nSPS) is 14.4. The lowest BCUT2D eigenvalue weighted by Crippen LogP contribution is -2.38. The van der Waals surface area contributed by atoms with E-state index in [1.165, 1.54) is 11.3 Å². The number of hydrogen-bond donors (Lipinski definition) is 2. The minimum absolute atomic E-state index is 0.300. The van der Waals surface area contributed by atoms with Gasteiger partial charge < -0.3 is 29.5 Å². The zero-order chi connectivity index (χ0) is 22.7. The highest BCUT2D eigenvalue weighted by atomic mass is 35.5. The second-order valence-corrected chi connectivity index (χ2v) is 8.92. The minimum atomic E-state index is -1.24. The molecule has 0 amide bonds. The summed E-state index contributed by atoms with van der Waals surface area (Å²) < 4.78 is 16.2. The molecule has 3 heterocycles. The van der Waals surface area contributed by atoms with Gasteiger partial charge in [0.25, 0.3) is 0 Å². The number of carboxylic acid groups (broad SMARTS) is 1. The van der Waals surface area contributed by atoms with E-state index in [-0.39, 0.29) is 6.10 Å². The van der Waals surface area contributed by atoms with Crippen LogP contribution in [0.15, 0.2) is 24.3 Å². The molecule has 4 rings (SSSR count). The minimum Gasteiger partial charge on any atom is -0.493 e. The van der Waals surface area contributed by atoms with Gasteiger partial charge in [-0.25, -0.2) is 9.78 Å². The molecule has 1 fully saturated rings. The second-order valence-electron chi connectivity index (χ2n) is 7.25. The Morgan fingerprint density at radius 1 is 1.22 bits per heavy atom. The lowest BCUT2D eigenvalue weighted by Gasteiger charge is -2.31. The highest BCUT2D eigenvalue weighted by molar-refractivity contribution is 7.22. The molecule has 2 N–H and O–H groups in total. The molecular weight excluding hydrogens is 456 g/mol. The Bertz CT molecular complexity index is 1120. The summed E-state index contributed by atoms with van der Waals surface area (Å²) in [4.78, 5) is 23.1. The van der Waals surface area contributed by atoms with Crippen LogP contribution >= 0.6 is 22.9 Å². The van der Waals surface area contributed by atoms with Gasteiger partial charge in [-0.05, 0) is 23.8 Å². The topological polar surface area (TPSA) is 106 Å². The number of nitrogens with zero attached hydrogens (tertiary/aromatic N) is 3. The maximum atomic E-state index is 10.8. The number of carbonyl (C=O) groups is 1. The van der Waals surface area contributed by atoms with Crippen LogP contribution in [0.2, 0.25) is 4.34 Å². The zero-order valence-electron chi connectivity index (χ0n) is 17.6. The largest absolute Gasteiger partial charge is 0.506 e. The number of anilines is 2. The average Bonchev–Trinajstić information content (AvgIpc) is 3.17. The van der Waals surface area contributed by atoms with Crippen LogP contribution in [0.3, 0.4) is 0 Å². The predicted octanol–water partition coefficient (Wildman–Crippen LogP) is 4.64. The Morgan fingerprint density at radius 2 is 1.97 bits per heavy atom. The van der Waals surface area contributed by atoms with Gasteiger partial charge >= 0.3 is 6.16 Å². The van der Waals surface area contributed by atoms with Crippen LogP contribution < -0.4 is 19.7 Å². The van der Waals surface area contributed by atoms with Crippen LogP contribution in [0.25, 0.3) is 10.2 Å². The molecule has 2 aromatic heterocycles. The SMILES string of the molecule is COc1ccc(CNc2nc(N3CCC(OC(=O)O)CC3)nc3sc(Cl)cc23)cc1OC. The number of piperidine rings is 1. The Morgan fingerprint density at radius 3 is 2.66 bits per heavy atom. The number of nitrogens with one attached hydrogen (secondary N) is 1. The first-order chi connectivity index (χ1) is 15.5. The van der Waals surface area contributed by atoms with E-state index >= 15 is 0 Å². The monoisotopic (exact) mass is 478 g/mol. The van der Waals surface area contributed by atoms with Gasteiger partial charge in [0.05, 0.1) is 23.9 Å². The summed E-state index contributed by atoms with van der Waals surface area (Å²) in [5.74, 6) is 2.60. The Hall–Kier alpha value is -2.98. The molecule has 1 aliphatic rings. The van der Waals surface area contributed by atoms with Crippen LogP contribution in [0.4, 0.5) is 16.6 Å². The van der Waals surface area contributed by atoms with Crippen LogP contribution in [-0.2, 0) is 11.3 Å². The lowest BCUT2D eigenvalue weighted by molar-refractivity contribution is 0.0415. The van der Waals surface area contributed by atoms with Gasteiger partial charge in [0.1, 0.15) is 16.8 Å². The van der Waals surface area contributed by atoms with E-state index in [4.69, 9.17) is 35.9 Å². The average molecular weight is 479 g/mol. The summed E-state index contributed by atoms with van der Waals surface area (Å²) >= 11 is 7.65. The Kier molecular flexibility index (Phi) is 6.71. The molecule has 1 aliphatic heterocycles. The van der Waals surface area contributed by atoms with Gasteiger partial charge in [0, 0.05) is 32.5 Å². The van der Waals surface area contributed by atoms with Gasteiger partial charge in [-0.2, -0.15) is 4.98 Å². The molecule has 0 unspecified atom stereocenters. The van der Waals surface area contributed by atoms with Crippen molar-refractivity contribution in [3.05, 3.63) is 34.2 Å². The summed E-state index contributed by atoms with van der Waals surface area (Å²) in [6, 6.07) is 7.59. The molecule has 0 aliphatic carbocycles. The van der Waals surface area contributed by atoms with Crippen molar-refractivity contribution in [2.24, 2.45) is 0 Å². The van der Waals surface area contributed by atoms with Crippen molar-refractivity contribution in [1.29, 1.82) is 0 Å². The molecule has 11 heteroatoms. The quantitative estimate of drug-likeness (QED) is 0.469. The van der Waals surface area contributed by atoms with Crippen molar-refractivity contribution in [2.45, 2.75) is 25.5 Å². The van der Waals surface area contributed by atoms with Gasteiger partial charge in [-0.3, -0.25) is 0 Å². The summed E-state index contributed by atoms with van der Waals surface area (Å²) in [6.07, 6.45) is -0.358. The summed E-state index contributed by atoms with van der Waals surface area (Å²) in [5.41, 5.74) is 1.00. The van der Waals surface area contributed by atoms with Crippen LogP contribution in [0, 0.1) is 0 Å². The van der Waals surface area contributed by atoms with Crippen molar-refractivity contribution in [1.82, 2.24) is 9.97 Å². The highest BCUT2D eigenvalue weighted by Gasteiger charge is 2.25. The van der Waals surface area contributed by atoms with Crippen molar-refractivity contribution in [3.8, 4) is 11.5 Å². The van der Waals surface area contributed by atoms with E-state index in [1.54, 1.807) is 14.2 Å². The number of hydrogen-bond acceptors (Lipinski definition) is 9. The summed E-state index contributed by atoms with van der Waals surface area (Å²) in [6.45, 7) is 1.74. The van der Waals surface area contributed by atoms with E-state index in [1.807, 2.05) is 29.2 Å². The third-order valence-electron chi connectivity index (χ3n) is 5.25. The van der Waals surface area contributed by atoms with Gasteiger partial charge in [-0.15, -0.1) is 11.3 Å². The predicted molar refractivity (Wildman–Crippen MR) is 124 cm³/mol. The van der Waals surface area contributed by atoms with E-state index in [0.717, 1.165) is 15.8 Å². The Labute approximate surface area is 193 Å². The van der Waals surface area contributed by atoms with Gasteiger partial charge in [0.2, 0.25) is 5.95 Å². The molecule has 0 atom stereocenters. The molecule has 0 spiro atoms. The third-order valence-corrected chi connectivity index (χ3v) is 6.41. The van der Waals surface area contributed by atoms with Crippen molar-refractivity contribution < 1.29 is 24.1 Å². The van der Waals surface area contributed by atoms with Gasteiger partial charge in [-0.1, -0.05) is 17.7 Å². The van der Waals surface area contributed by atoms with Crippen LogP contribution in [-0.4, -0.2) is 54.6 Å². The number of aromatic nitrogens is 2. The number of thiophene rings is 1. The number of fused-ring (bicyclic) bond motifs is 1. The molecule has 32 heavy (non-hydrogen) atoms. The third kappa shape index (κ3) is 4.91. The summed E-state index contributed by atoms with van der Waals surface area (Å²) in [7, 11) is 3.21. The second kappa shape index (κ2) is 9.66. The summed E-state index contributed by atoms with van der Waals surface area (Å²) in [5, 5.41) is 13.1. The fourth-order valence-corrected chi connectivity index (χ4v) is 4.73. The van der Waals surface area contributed by atoms with Crippen molar-refractivity contribution in [2.75, 3.05) is 37.5 Å². The molecule has 170 valence electrons. The van der Waals surface area contributed by atoms with E-state index in [9.17, 15) is 4.79 Å². The van der Waals surface area contributed by atoms with E-state index < -0.39 is 6.16 Å². The smallest absolute Gasteiger partial charge is 0.493 e. The number of methoxy groups -OCH3 is 2. The Balaban J connectivity index is 1.54. The molecule has 9 nitrogen and oxygen atoms in total. The fraction of sp³-hybridized carbons (Fsp3) is 0.381. The lowest BCUT2D eigenvalue weighted by atomic mass is 10.1. The number of benzene rings is 1. The number of rotatable bonds is 7.